The van der Waals surface area contributed by atoms with Crippen molar-refractivity contribution in [1.82, 2.24) is 9.97 Å². The molecule has 0 saturated heterocycles. The van der Waals surface area contributed by atoms with Crippen LogP contribution in [-0.2, 0) is 0 Å². The largest absolute Gasteiger partial charge is 0.264 e. The van der Waals surface area contributed by atoms with Crippen LogP contribution in [0.25, 0.3) is 11.1 Å². The Hall–Kier alpha value is -1.22. The number of halogens is 1. The average Bonchev–Trinajstić information content (AvgIpc) is 2.20. The average molecular weight is 235 g/mol. The highest BCUT2D eigenvalue weighted by atomic mass is 79.9. The Morgan fingerprint density at radius 1 is 1.08 bits per heavy atom. The van der Waals surface area contributed by atoms with Crippen LogP contribution in [0.15, 0.2) is 47.5 Å². The van der Waals surface area contributed by atoms with Crippen LogP contribution in [0.3, 0.4) is 0 Å². The van der Waals surface area contributed by atoms with Crippen LogP contribution in [0.5, 0.6) is 0 Å². The fourth-order valence-electron chi connectivity index (χ4n) is 1.12. The lowest BCUT2D eigenvalue weighted by Gasteiger charge is -2.01. The van der Waals surface area contributed by atoms with Gasteiger partial charge in [0.1, 0.15) is 4.60 Å². The maximum atomic E-state index is 4.14. The van der Waals surface area contributed by atoms with Gasteiger partial charge in [-0.1, -0.05) is 12.1 Å². The molecule has 2 aromatic heterocycles. The Balaban J connectivity index is 2.54. The Morgan fingerprint density at radius 2 is 1.92 bits per heavy atom. The van der Waals surface area contributed by atoms with Gasteiger partial charge < -0.3 is 0 Å². The summed E-state index contributed by atoms with van der Waals surface area (Å²) in [6.07, 6.45) is 5.33. The lowest BCUT2D eigenvalue weighted by Crippen LogP contribution is -1.82. The van der Waals surface area contributed by atoms with Gasteiger partial charge in [0.25, 0.3) is 0 Å². The summed E-state index contributed by atoms with van der Waals surface area (Å²) in [4.78, 5) is 8.20. The molecule has 3 heteroatoms. The highest BCUT2D eigenvalue weighted by molar-refractivity contribution is 9.10. The lowest BCUT2D eigenvalue weighted by atomic mass is 10.1. The second-order valence-corrected chi connectivity index (χ2v) is 3.33. The third-order valence-corrected chi connectivity index (χ3v) is 2.36. The van der Waals surface area contributed by atoms with E-state index in [9.17, 15) is 0 Å². The molecule has 0 bridgehead atoms. The van der Waals surface area contributed by atoms with Gasteiger partial charge in [-0.3, -0.25) is 4.98 Å². The van der Waals surface area contributed by atoms with E-state index in [2.05, 4.69) is 25.9 Å². The molecule has 0 amide bonds. The van der Waals surface area contributed by atoms with E-state index in [1.807, 2.05) is 30.5 Å². The molecule has 0 saturated carbocycles. The van der Waals surface area contributed by atoms with Crippen LogP contribution in [-0.4, -0.2) is 9.97 Å². The van der Waals surface area contributed by atoms with Gasteiger partial charge in [-0.05, 0) is 28.1 Å². The Labute approximate surface area is 84.8 Å². The van der Waals surface area contributed by atoms with Gasteiger partial charge in [-0.25, -0.2) is 4.98 Å². The molecule has 2 aromatic rings. The molecule has 0 aromatic carbocycles. The van der Waals surface area contributed by atoms with E-state index in [0.717, 1.165) is 15.7 Å². The number of aromatic nitrogens is 2. The molecule has 0 unspecified atom stereocenters. The first-order valence-corrected chi connectivity index (χ1v) is 4.68. The maximum Gasteiger partial charge on any atom is 0.113 e. The fourth-order valence-corrected chi connectivity index (χ4v) is 1.60. The molecule has 0 radical (unpaired) electrons. The molecule has 0 aliphatic heterocycles. The van der Waals surface area contributed by atoms with Gasteiger partial charge in [-0.15, -0.1) is 0 Å². The molecule has 0 aliphatic carbocycles. The minimum absolute atomic E-state index is 0.850. The van der Waals surface area contributed by atoms with Gasteiger partial charge in [-0.2, -0.15) is 0 Å². The molecular formula is C10H7BrN2. The second kappa shape index (κ2) is 3.66. The summed E-state index contributed by atoms with van der Waals surface area (Å²) in [5.41, 5.74) is 2.14. The Kier molecular flexibility index (Phi) is 2.36. The first kappa shape index (κ1) is 8.38. The summed E-state index contributed by atoms with van der Waals surface area (Å²) in [6.45, 7) is 0. The summed E-state index contributed by atoms with van der Waals surface area (Å²) in [7, 11) is 0. The van der Waals surface area contributed by atoms with E-state index in [1.54, 1.807) is 12.4 Å². The van der Waals surface area contributed by atoms with Gasteiger partial charge in [0.15, 0.2) is 0 Å². The van der Waals surface area contributed by atoms with Crippen molar-refractivity contribution in [2.24, 2.45) is 0 Å². The molecule has 0 atom stereocenters. The maximum absolute atomic E-state index is 4.14. The minimum atomic E-state index is 0.850. The van der Waals surface area contributed by atoms with Crippen molar-refractivity contribution in [1.29, 1.82) is 0 Å². The van der Waals surface area contributed by atoms with Crippen molar-refractivity contribution in [3.63, 3.8) is 0 Å². The summed E-state index contributed by atoms with van der Waals surface area (Å²) in [6, 6.07) is 7.84. The zero-order valence-corrected chi connectivity index (χ0v) is 8.40. The van der Waals surface area contributed by atoms with E-state index >= 15 is 0 Å². The van der Waals surface area contributed by atoms with Crippen molar-refractivity contribution in [3.8, 4) is 11.1 Å². The van der Waals surface area contributed by atoms with E-state index < -0.39 is 0 Å². The number of hydrogen-bond donors (Lipinski definition) is 0. The predicted molar refractivity (Wildman–Crippen MR) is 55.2 cm³/mol. The van der Waals surface area contributed by atoms with E-state index in [-0.39, 0.29) is 0 Å². The minimum Gasteiger partial charge on any atom is -0.264 e. The van der Waals surface area contributed by atoms with Gasteiger partial charge >= 0.3 is 0 Å². The molecule has 0 fully saturated rings. The van der Waals surface area contributed by atoms with Crippen molar-refractivity contribution in [2.45, 2.75) is 0 Å². The molecule has 64 valence electrons. The molecule has 2 rings (SSSR count). The summed E-state index contributed by atoms with van der Waals surface area (Å²) in [5.74, 6) is 0. The van der Waals surface area contributed by atoms with Gasteiger partial charge in [0, 0.05) is 29.7 Å². The first-order chi connectivity index (χ1) is 6.38. The van der Waals surface area contributed by atoms with E-state index in [0.29, 0.717) is 0 Å². The quantitative estimate of drug-likeness (QED) is 0.710. The van der Waals surface area contributed by atoms with Crippen LogP contribution in [0.4, 0.5) is 0 Å². The van der Waals surface area contributed by atoms with E-state index in [1.165, 1.54) is 0 Å². The molecule has 0 aliphatic rings. The molecule has 2 nitrogen and oxygen atoms in total. The van der Waals surface area contributed by atoms with Crippen LogP contribution in [0, 0.1) is 0 Å². The molecule has 0 N–H and O–H groups in total. The summed E-state index contributed by atoms with van der Waals surface area (Å²) < 4.78 is 0.850. The SMILES string of the molecule is Brc1ncccc1-c1cccnc1. The van der Waals surface area contributed by atoms with Crippen LogP contribution in [0.1, 0.15) is 0 Å². The molecule has 2 heterocycles. The van der Waals surface area contributed by atoms with Crippen molar-refractivity contribution in [2.75, 3.05) is 0 Å². The molecular weight excluding hydrogens is 228 g/mol. The first-order valence-electron chi connectivity index (χ1n) is 3.89. The number of nitrogens with zero attached hydrogens (tertiary/aromatic N) is 2. The van der Waals surface area contributed by atoms with Crippen molar-refractivity contribution in [3.05, 3.63) is 47.5 Å². The third-order valence-electron chi connectivity index (χ3n) is 1.73. The summed E-state index contributed by atoms with van der Waals surface area (Å²) in [5, 5.41) is 0. The predicted octanol–water partition coefficient (Wildman–Crippen LogP) is 2.91. The monoisotopic (exact) mass is 234 g/mol. The summed E-state index contributed by atoms with van der Waals surface area (Å²) >= 11 is 3.39. The van der Waals surface area contributed by atoms with Gasteiger partial charge in [0.05, 0.1) is 0 Å². The van der Waals surface area contributed by atoms with Crippen LogP contribution >= 0.6 is 15.9 Å². The molecule has 13 heavy (non-hydrogen) atoms. The smallest absolute Gasteiger partial charge is 0.113 e. The van der Waals surface area contributed by atoms with Crippen LogP contribution < -0.4 is 0 Å². The lowest BCUT2D eigenvalue weighted by molar-refractivity contribution is 1.26. The van der Waals surface area contributed by atoms with Crippen LogP contribution in [0.2, 0.25) is 0 Å². The number of hydrogen-bond acceptors (Lipinski definition) is 2. The van der Waals surface area contributed by atoms with Crippen molar-refractivity contribution < 1.29 is 0 Å². The molecule has 0 spiro atoms. The Bertz CT molecular complexity index is 401. The Morgan fingerprint density at radius 3 is 2.62 bits per heavy atom. The number of rotatable bonds is 1. The van der Waals surface area contributed by atoms with E-state index in [4.69, 9.17) is 0 Å². The van der Waals surface area contributed by atoms with Crippen molar-refractivity contribution >= 4 is 15.9 Å². The normalized spacial score (nSPS) is 9.92. The standard InChI is InChI=1S/C10H7BrN2/c11-10-9(4-2-6-13-10)8-3-1-5-12-7-8/h1-7H. The highest BCUT2D eigenvalue weighted by Crippen LogP contribution is 2.24. The zero-order chi connectivity index (χ0) is 9.10. The highest BCUT2D eigenvalue weighted by Gasteiger charge is 2.01. The third kappa shape index (κ3) is 1.75. The van der Waals surface area contributed by atoms with Gasteiger partial charge in [0.2, 0.25) is 0 Å². The second-order valence-electron chi connectivity index (χ2n) is 2.58. The fraction of sp³-hybridized carbons (Fsp3) is 0. The number of pyridine rings is 2. The topological polar surface area (TPSA) is 25.8 Å². The zero-order valence-electron chi connectivity index (χ0n) is 6.81.